The summed E-state index contributed by atoms with van der Waals surface area (Å²) in [5.74, 6) is 0.410. The second kappa shape index (κ2) is 5.24. The molecule has 1 saturated heterocycles. The van der Waals surface area contributed by atoms with Gasteiger partial charge in [0.1, 0.15) is 5.75 Å². The van der Waals surface area contributed by atoms with Crippen LogP contribution in [0.3, 0.4) is 0 Å². The van der Waals surface area contributed by atoms with E-state index in [1.165, 1.54) is 12.1 Å². The monoisotopic (exact) mass is 325 g/mol. The third-order valence-corrected chi connectivity index (χ3v) is 4.43. The van der Waals surface area contributed by atoms with E-state index in [4.69, 9.17) is 23.2 Å². The average Bonchev–Trinajstić information content (AvgIpc) is 3.01. The minimum absolute atomic E-state index is 0.0471. The van der Waals surface area contributed by atoms with Crippen LogP contribution in [0.5, 0.6) is 5.75 Å². The van der Waals surface area contributed by atoms with Crippen LogP contribution >= 0.6 is 23.2 Å². The number of aromatic hydroxyl groups is 1. The Morgan fingerprint density at radius 3 is 2.81 bits per heavy atom. The Bertz CT molecular complexity index is 714. The molecular formula is C14H13Cl2N3O2. The lowest BCUT2D eigenvalue weighted by Gasteiger charge is -2.16. The molecule has 0 unspecified atom stereocenters. The van der Waals surface area contributed by atoms with Crippen molar-refractivity contribution in [2.75, 3.05) is 11.4 Å². The van der Waals surface area contributed by atoms with Crippen LogP contribution in [0.4, 0.5) is 5.82 Å². The predicted molar refractivity (Wildman–Crippen MR) is 81.0 cm³/mol. The van der Waals surface area contributed by atoms with E-state index in [0.29, 0.717) is 28.0 Å². The van der Waals surface area contributed by atoms with E-state index in [-0.39, 0.29) is 24.0 Å². The van der Waals surface area contributed by atoms with E-state index in [1.54, 1.807) is 22.0 Å². The zero-order valence-corrected chi connectivity index (χ0v) is 12.8. The molecule has 1 aliphatic heterocycles. The largest absolute Gasteiger partial charge is 0.508 e. The molecule has 5 nitrogen and oxygen atoms in total. The Balaban J connectivity index is 1.93. The van der Waals surface area contributed by atoms with Crippen LogP contribution in [-0.2, 0) is 11.8 Å². The van der Waals surface area contributed by atoms with Crippen LogP contribution in [0, 0.1) is 0 Å². The number of rotatable bonds is 2. The minimum atomic E-state index is -0.203. The van der Waals surface area contributed by atoms with E-state index < -0.39 is 0 Å². The lowest BCUT2D eigenvalue weighted by molar-refractivity contribution is -0.117. The fourth-order valence-corrected chi connectivity index (χ4v) is 3.08. The Labute approximate surface area is 131 Å². The van der Waals surface area contributed by atoms with Crippen LogP contribution in [0.15, 0.2) is 24.7 Å². The molecule has 110 valence electrons. The van der Waals surface area contributed by atoms with Crippen molar-refractivity contribution in [2.45, 2.75) is 12.3 Å². The molecular weight excluding hydrogens is 313 g/mol. The van der Waals surface area contributed by atoms with Gasteiger partial charge in [0.15, 0.2) is 5.82 Å². The number of aromatic nitrogens is 2. The molecule has 1 aliphatic rings. The fraction of sp³-hybridized carbons (Fsp3) is 0.286. The number of hydrogen-bond acceptors (Lipinski definition) is 3. The van der Waals surface area contributed by atoms with Gasteiger partial charge in [-0.1, -0.05) is 23.2 Å². The molecule has 0 saturated carbocycles. The summed E-state index contributed by atoms with van der Waals surface area (Å²) in [6.07, 6.45) is 3.68. The van der Waals surface area contributed by atoms with Crippen LogP contribution in [-0.4, -0.2) is 27.1 Å². The number of hydrogen-bond donors (Lipinski definition) is 1. The second-order valence-electron chi connectivity index (χ2n) is 5.10. The Kier molecular flexibility index (Phi) is 3.55. The highest BCUT2D eigenvalue weighted by Crippen LogP contribution is 2.42. The molecule has 1 fully saturated rings. The molecule has 1 aromatic carbocycles. The average molecular weight is 326 g/mol. The second-order valence-corrected chi connectivity index (χ2v) is 5.88. The Morgan fingerprint density at radius 1 is 1.38 bits per heavy atom. The van der Waals surface area contributed by atoms with Crippen molar-refractivity contribution in [1.29, 1.82) is 0 Å². The lowest BCUT2D eigenvalue weighted by atomic mass is 9.97. The maximum absolute atomic E-state index is 12.2. The maximum atomic E-state index is 12.2. The zero-order chi connectivity index (χ0) is 15.1. The summed E-state index contributed by atoms with van der Waals surface area (Å²) >= 11 is 12.2. The first-order chi connectivity index (χ1) is 9.97. The van der Waals surface area contributed by atoms with Crippen molar-refractivity contribution in [3.63, 3.8) is 0 Å². The normalized spacial score (nSPS) is 18.5. The molecule has 0 spiro atoms. The number of phenols is 1. The van der Waals surface area contributed by atoms with Crippen molar-refractivity contribution in [3.8, 4) is 5.75 Å². The number of halogens is 2. The number of carbonyl (C=O) groups is 1. The van der Waals surface area contributed by atoms with Gasteiger partial charge in [-0.25, -0.2) is 4.98 Å². The number of amides is 1. The summed E-state index contributed by atoms with van der Waals surface area (Å²) in [6, 6.07) is 3.04. The maximum Gasteiger partial charge on any atom is 0.228 e. The Morgan fingerprint density at radius 2 is 2.14 bits per heavy atom. The van der Waals surface area contributed by atoms with Crippen molar-refractivity contribution in [1.82, 2.24) is 9.55 Å². The molecule has 21 heavy (non-hydrogen) atoms. The van der Waals surface area contributed by atoms with Gasteiger partial charge in [-0.05, 0) is 12.1 Å². The molecule has 1 atom stereocenters. The number of nitrogens with zero attached hydrogens (tertiary/aromatic N) is 3. The highest BCUT2D eigenvalue weighted by molar-refractivity contribution is 6.42. The van der Waals surface area contributed by atoms with Gasteiger partial charge in [0.05, 0.1) is 16.4 Å². The van der Waals surface area contributed by atoms with Gasteiger partial charge in [0.2, 0.25) is 5.91 Å². The number of phenolic OH excluding ortho intramolecular Hbond substituents is 1. The summed E-state index contributed by atoms with van der Waals surface area (Å²) in [5, 5.41) is 10.7. The summed E-state index contributed by atoms with van der Waals surface area (Å²) < 4.78 is 1.78. The molecule has 1 aromatic heterocycles. The first kappa shape index (κ1) is 14.2. The minimum Gasteiger partial charge on any atom is -0.508 e. The van der Waals surface area contributed by atoms with Crippen LogP contribution < -0.4 is 4.90 Å². The highest BCUT2D eigenvalue weighted by Gasteiger charge is 2.35. The van der Waals surface area contributed by atoms with Crippen LogP contribution in [0.1, 0.15) is 17.9 Å². The topological polar surface area (TPSA) is 58.4 Å². The summed E-state index contributed by atoms with van der Waals surface area (Å²) in [7, 11) is 1.84. The summed E-state index contributed by atoms with van der Waals surface area (Å²) in [5.41, 5.74) is 0.524. The smallest absolute Gasteiger partial charge is 0.228 e. The molecule has 2 aromatic rings. The third kappa shape index (κ3) is 2.47. The number of benzene rings is 1. The quantitative estimate of drug-likeness (QED) is 0.923. The number of anilines is 1. The van der Waals surface area contributed by atoms with Crippen LogP contribution in [0.25, 0.3) is 0 Å². The standard InChI is InChI=1S/C14H13Cl2N3O2/c1-18-6-11(17-7-18)19-5-8(4-12(19)21)13-10(20)3-2-9(15)14(13)16/h2-3,6-8,20H,4-5H2,1H3/t8-/m1/s1. The summed E-state index contributed by atoms with van der Waals surface area (Å²) in [4.78, 5) is 18.0. The number of aryl methyl sites for hydroxylation is 1. The van der Waals surface area contributed by atoms with Gasteiger partial charge in [-0.2, -0.15) is 0 Å². The van der Waals surface area contributed by atoms with E-state index >= 15 is 0 Å². The predicted octanol–water partition coefficient (Wildman–Crippen LogP) is 2.95. The fourth-order valence-electron chi connectivity index (χ4n) is 2.61. The van der Waals surface area contributed by atoms with Gasteiger partial charge in [0, 0.05) is 37.7 Å². The van der Waals surface area contributed by atoms with Crippen LogP contribution in [0.2, 0.25) is 10.0 Å². The number of imidazole rings is 1. The summed E-state index contributed by atoms with van der Waals surface area (Å²) in [6.45, 7) is 0.420. The zero-order valence-electron chi connectivity index (χ0n) is 11.3. The van der Waals surface area contributed by atoms with Crippen molar-refractivity contribution in [2.24, 2.45) is 7.05 Å². The van der Waals surface area contributed by atoms with Gasteiger partial charge >= 0.3 is 0 Å². The lowest BCUT2D eigenvalue weighted by Crippen LogP contribution is -2.24. The van der Waals surface area contributed by atoms with Crippen molar-refractivity contribution in [3.05, 3.63) is 40.3 Å². The number of carbonyl (C=O) groups excluding carboxylic acids is 1. The molecule has 1 amide bonds. The first-order valence-corrected chi connectivity index (χ1v) is 7.18. The molecule has 0 radical (unpaired) electrons. The molecule has 2 heterocycles. The SMILES string of the molecule is Cn1cnc(N2C[C@H](c3c(O)ccc(Cl)c3Cl)CC2=O)c1. The van der Waals surface area contributed by atoms with E-state index in [2.05, 4.69) is 4.98 Å². The molecule has 0 aliphatic carbocycles. The third-order valence-electron chi connectivity index (χ3n) is 3.61. The van der Waals surface area contributed by atoms with Gasteiger partial charge in [-0.15, -0.1) is 0 Å². The van der Waals surface area contributed by atoms with Gasteiger partial charge in [-0.3, -0.25) is 9.69 Å². The molecule has 7 heteroatoms. The molecule has 3 rings (SSSR count). The molecule has 1 N–H and O–H groups in total. The van der Waals surface area contributed by atoms with E-state index in [1.807, 2.05) is 7.05 Å². The van der Waals surface area contributed by atoms with Gasteiger partial charge in [0.25, 0.3) is 0 Å². The van der Waals surface area contributed by atoms with Crippen molar-refractivity contribution < 1.29 is 9.90 Å². The Hall–Kier alpha value is -1.72. The highest BCUT2D eigenvalue weighted by atomic mass is 35.5. The van der Waals surface area contributed by atoms with Gasteiger partial charge < -0.3 is 9.67 Å². The van der Waals surface area contributed by atoms with E-state index in [9.17, 15) is 9.90 Å². The molecule has 0 bridgehead atoms. The van der Waals surface area contributed by atoms with Crippen molar-refractivity contribution >= 4 is 34.9 Å². The first-order valence-electron chi connectivity index (χ1n) is 6.42. The van der Waals surface area contributed by atoms with E-state index in [0.717, 1.165) is 0 Å².